The summed E-state index contributed by atoms with van der Waals surface area (Å²) in [5, 5.41) is 35.8. The quantitative estimate of drug-likeness (QED) is 0.228. The number of hydrogen-bond acceptors (Lipinski definition) is 9. The fourth-order valence-electron chi connectivity index (χ4n) is 1.42. The molecule has 134 valence electrons. The van der Waals surface area contributed by atoms with Crippen molar-refractivity contribution in [2.45, 2.75) is 26.7 Å². The fraction of sp³-hybridized carbons (Fsp3) is 0.667. The summed E-state index contributed by atoms with van der Waals surface area (Å²) >= 11 is 0. The van der Waals surface area contributed by atoms with Gasteiger partial charge in [0.15, 0.2) is 9.95 Å². The third-order valence-corrected chi connectivity index (χ3v) is 4.33. The van der Waals surface area contributed by atoms with Crippen molar-refractivity contribution in [1.82, 2.24) is 0 Å². The largest absolute Gasteiger partial charge is 0.548 e. The van der Waals surface area contributed by atoms with E-state index in [0.717, 1.165) is 6.20 Å². The normalized spacial score (nSPS) is 12.8. The summed E-state index contributed by atoms with van der Waals surface area (Å²) in [6.45, 7) is 3.25. The van der Waals surface area contributed by atoms with E-state index in [1.165, 1.54) is 0 Å². The molecule has 0 spiro atoms. The summed E-state index contributed by atoms with van der Waals surface area (Å²) in [4.78, 5) is 5.32. The lowest BCUT2D eigenvalue weighted by molar-refractivity contribution is 0.0691. The maximum absolute atomic E-state index is 12.4. The van der Waals surface area contributed by atoms with E-state index in [-0.39, 0.29) is 26.4 Å². The highest BCUT2D eigenvalue weighted by Crippen LogP contribution is 2.57. The molecule has 0 aromatic heterocycles. The Hall–Kier alpha value is -2.33. The molecule has 0 amide bonds. The molecular weight excluding hydrogens is 343 g/mol. The lowest BCUT2D eigenvalue weighted by atomic mass is 10.3. The molecule has 0 saturated heterocycles. The van der Waals surface area contributed by atoms with Crippen LogP contribution in [0, 0.1) is 10.8 Å². The van der Waals surface area contributed by atoms with E-state index in [1.807, 2.05) is 0 Å². The molecule has 0 aliphatic heterocycles. The SMILES string of the molecule is CCOP(=O)(OCC)/C([N+]#N)=C(\O)OCCCCO/C(O)=C\[N+]#N. The van der Waals surface area contributed by atoms with Gasteiger partial charge in [0.2, 0.25) is 10.8 Å². The molecular formula is C12H21N4O7P+2. The van der Waals surface area contributed by atoms with Gasteiger partial charge in [-0.2, -0.15) is 0 Å². The van der Waals surface area contributed by atoms with Gasteiger partial charge in [-0.05, 0) is 26.7 Å². The van der Waals surface area contributed by atoms with Gasteiger partial charge in [0.05, 0.1) is 26.4 Å². The zero-order valence-corrected chi connectivity index (χ0v) is 14.4. The Bertz CT molecular complexity index is 569. The second-order valence-corrected chi connectivity index (χ2v) is 5.98. The molecule has 0 aromatic carbocycles. The molecule has 12 heteroatoms. The van der Waals surface area contributed by atoms with E-state index in [1.54, 1.807) is 13.8 Å². The van der Waals surface area contributed by atoms with Crippen LogP contribution in [0.2, 0.25) is 0 Å². The standard InChI is InChI=1S/C12H19N4O7P/c1-3-22-24(19,23-4-2)11(16-14)12(18)21-8-6-5-7-20-10(17)9-15-13/h9H,3-8H2,1-2H3/p+2/b10-9-. The van der Waals surface area contributed by atoms with E-state index >= 15 is 0 Å². The van der Waals surface area contributed by atoms with Crippen LogP contribution < -0.4 is 0 Å². The third kappa shape index (κ3) is 7.79. The van der Waals surface area contributed by atoms with Crippen LogP contribution in [0.4, 0.5) is 0 Å². The number of unbranched alkanes of at least 4 members (excludes halogenated alkanes) is 1. The minimum Gasteiger partial charge on any atom is -0.476 e. The van der Waals surface area contributed by atoms with Crippen LogP contribution in [0.3, 0.4) is 0 Å². The lowest BCUT2D eigenvalue weighted by Crippen LogP contribution is -2.03. The van der Waals surface area contributed by atoms with Crippen molar-refractivity contribution < 1.29 is 33.3 Å². The molecule has 0 atom stereocenters. The number of diazo groups is 2. The van der Waals surface area contributed by atoms with Gasteiger partial charge in [-0.1, -0.05) is 0 Å². The maximum Gasteiger partial charge on any atom is 0.548 e. The number of aliphatic hydroxyl groups excluding tert-OH is 2. The summed E-state index contributed by atoms with van der Waals surface area (Å²) in [5.41, 5.74) is -0.715. The first-order valence-corrected chi connectivity index (χ1v) is 8.66. The molecule has 0 unspecified atom stereocenters. The third-order valence-electron chi connectivity index (χ3n) is 2.34. The predicted molar refractivity (Wildman–Crippen MR) is 82.5 cm³/mol. The summed E-state index contributed by atoms with van der Waals surface area (Å²) in [7, 11) is -3.98. The predicted octanol–water partition coefficient (Wildman–Crippen LogP) is 3.81. The first-order chi connectivity index (χ1) is 11.4. The molecule has 0 aliphatic carbocycles. The molecule has 24 heavy (non-hydrogen) atoms. The van der Waals surface area contributed by atoms with Gasteiger partial charge in [-0.3, -0.25) is 0 Å². The average Bonchev–Trinajstić information content (AvgIpc) is 2.52. The first kappa shape index (κ1) is 21.7. The van der Waals surface area contributed by atoms with E-state index in [0.29, 0.717) is 12.8 Å². The minimum atomic E-state index is -3.98. The Kier molecular flexibility index (Phi) is 11.0. The molecule has 0 rings (SSSR count). The smallest absolute Gasteiger partial charge is 0.476 e. The van der Waals surface area contributed by atoms with Crippen LogP contribution in [-0.4, -0.2) is 36.6 Å². The van der Waals surface area contributed by atoms with Crippen LogP contribution in [0.1, 0.15) is 26.7 Å². The highest BCUT2D eigenvalue weighted by Gasteiger charge is 2.47. The van der Waals surface area contributed by atoms with E-state index in [2.05, 4.69) is 9.95 Å². The van der Waals surface area contributed by atoms with Crippen LogP contribution >= 0.6 is 7.60 Å². The molecule has 11 nitrogen and oxygen atoms in total. The van der Waals surface area contributed by atoms with Gasteiger partial charge in [-0.15, -0.1) is 0 Å². The van der Waals surface area contributed by atoms with Crippen LogP contribution in [0.5, 0.6) is 0 Å². The van der Waals surface area contributed by atoms with E-state index < -0.39 is 24.9 Å². The van der Waals surface area contributed by atoms with E-state index in [9.17, 15) is 9.67 Å². The highest BCUT2D eigenvalue weighted by atomic mass is 31.2. The average molecular weight is 364 g/mol. The van der Waals surface area contributed by atoms with Crippen molar-refractivity contribution in [3.8, 4) is 0 Å². The lowest BCUT2D eigenvalue weighted by Gasteiger charge is -2.10. The van der Waals surface area contributed by atoms with Crippen molar-refractivity contribution in [3.05, 3.63) is 33.5 Å². The van der Waals surface area contributed by atoms with Gasteiger partial charge >= 0.3 is 31.1 Å². The van der Waals surface area contributed by atoms with Crippen molar-refractivity contribution in [3.63, 3.8) is 0 Å². The van der Waals surface area contributed by atoms with Crippen LogP contribution in [0.15, 0.2) is 23.5 Å². The topological polar surface area (TPSA) is 151 Å². The first-order valence-electron chi connectivity index (χ1n) is 7.12. The second kappa shape index (κ2) is 12.1. The molecule has 0 aliphatic rings. The molecule has 0 fully saturated rings. The van der Waals surface area contributed by atoms with Gasteiger partial charge in [0, 0.05) is 0 Å². The Morgan fingerprint density at radius 2 is 1.62 bits per heavy atom. The Balaban J connectivity index is 4.54. The number of rotatable bonds is 12. The number of nitrogens with zero attached hydrogens (tertiary/aromatic N) is 4. The summed E-state index contributed by atoms with van der Waals surface area (Å²) in [5.74, 6) is -1.41. The fourth-order valence-corrected chi connectivity index (χ4v) is 2.82. The van der Waals surface area contributed by atoms with Crippen molar-refractivity contribution in [1.29, 1.82) is 10.8 Å². The van der Waals surface area contributed by atoms with Gasteiger partial charge < -0.3 is 28.7 Å². The van der Waals surface area contributed by atoms with Gasteiger partial charge in [0.25, 0.3) is 0 Å². The molecule has 0 bridgehead atoms. The van der Waals surface area contributed by atoms with Gasteiger partial charge in [0.1, 0.15) is 0 Å². The van der Waals surface area contributed by atoms with Crippen LogP contribution in [0.25, 0.3) is 9.95 Å². The number of hydrogen-bond donors (Lipinski definition) is 2. The van der Waals surface area contributed by atoms with Crippen molar-refractivity contribution in [2.24, 2.45) is 0 Å². The zero-order chi connectivity index (χ0) is 18.4. The maximum atomic E-state index is 12.4. The summed E-state index contributed by atoms with van der Waals surface area (Å²) < 4.78 is 32.0. The molecule has 2 N–H and O–H groups in total. The number of ether oxygens (including phenoxy) is 2. The highest BCUT2D eigenvalue weighted by molar-refractivity contribution is 7.58. The van der Waals surface area contributed by atoms with Crippen molar-refractivity contribution in [2.75, 3.05) is 26.4 Å². The Morgan fingerprint density at radius 3 is 2.08 bits per heavy atom. The zero-order valence-electron chi connectivity index (χ0n) is 13.5. The Labute approximate surface area is 139 Å². The monoisotopic (exact) mass is 364 g/mol. The number of aliphatic hydroxyl groups is 2. The Morgan fingerprint density at radius 1 is 1.08 bits per heavy atom. The molecule has 0 saturated carbocycles. The van der Waals surface area contributed by atoms with Crippen molar-refractivity contribution >= 4 is 7.60 Å². The minimum absolute atomic E-state index is 0.0120. The molecule has 0 heterocycles. The summed E-state index contributed by atoms with van der Waals surface area (Å²) in [6, 6.07) is 0. The summed E-state index contributed by atoms with van der Waals surface area (Å²) in [6.07, 6.45) is 1.54. The molecule has 0 radical (unpaired) electrons. The van der Waals surface area contributed by atoms with E-state index in [4.69, 9.17) is 34.4 Å². The van der Waals surface area contributed by atoms with Crippen LogP contribution in [-0.2, 0) is 23.1 Å². The molecule has 0 aromatic rings. The second-order valence-electron chi connectivity index (χ2n) is 4.05. The van der Waals surface area contributed by atoms with Gasteiger partial charge in [-0.25, -0.2) is 4.57 Å².